The lowest BCUT2D eigenvalue weighted by atomic mass is 9.81. The van der Waals surface area contributed by atoms with Gasteiger partial charge in [-0.05, 0) is 65.7 Å². The summed E-state index contributed by atoms with van der Waals surface area (Å²) >= 11 is 20.2. The number of benzene rings is 3. The topological polar surface area (TPSA) is 55.1 Å². The SMILES string of the molecule is CC(C)(c1ccc(Cl)c(Cl)c1)c1cnc(SCc2cc(C(=O)O)ccc2Cl)n1-c1ccc(F)cc1. The number of hydrogen-bond donors (Lipinski definition) is 1. The van der Waals surface area contributed by atoms with Crippen molar-refractivity contribution in [1.29, 1.82) is 0 Å². The molecule has 0 unspecified atom stereocenters. The van der Waals surface area contributed by atoms with Crippen molar-refractivity contribution in [2.75, 3.05) is 0 Å². The highest BCUT2D eigenvalue weighted by Gasteiger charge is 2.30. The van der Waals surface area contributed by atoms with Gasteiger partial charge in [0.2, 0.25) is 0 Å². The quantitative estimate of drug-likeness (QED) is 0.236. The van der Waals surface area contributed by atoms with Gasteiger partial charge in [-0.1, -0.05) is 66.5 Å². The largest absolute Gasteiger partial charge is 0.478 e. The molecule has 0 bridgehead atoms. The summed E-state index contributed by atoms with van der Waals surface area (Å²) < 4.78 is 15.7. The van der Waals surface area contributed by atoms with E-state index in [0.29, 0.717) is 31.5 Å². The van der Waals surface area contributed by atoms with Crippen LogP contribution in [0.3, 0.4) is 0 Å². The molecule has 4 aromatic rings. The number of carbonyl (C=O) groups is 1. The van der Waals surface area contributed by atoms with Gasteiger partial charge in [0.25, 0.3) is 0 Å². The van der Waals surface area contributed by atoms with Gasteiger partial charge in [-0.15, -0.1) is 0 Å². The van der Waals surface area contributed by atoms with E-state index in [2.05, 4.69) is 4.98 Å². The third-order valence-corrected chi connectivity index (χ3v) is 7.85. The second kappa shape index (κ2) is 10.2. The van der Waals surface area contributed by atoms with E-state index in [0.717, 1.165) is 16.9 Å². The molecule has 35 heavy (non-hydrogen) atoms. The molecule has 4 nitrogen and oxygen atoms in total. The predicted octanol–water partition coefficient (Wildman–Crippen LogP) is 8.29. The Morgan fingerprint density at radius 1 is 1.00 bits per heavy atom. The molecule has 1 N–H and O–H groups in total. The number of aromatic nitrogens is 2. The van der Waals surface area contributed by atoms with Crippen LogP contribution in [0.4, 0.5) is 4.39 Å². The van der Waals surface area contributed by atoms with E-state index in [1.807, 2.05) is 30.5 Å². The third kappa shape index (κ3) is 5.36. The Balaban J connectivity index is 1.78. The molecule has 0 spiro atoms. The van der Waals surface area contributed by atoms with Gasteiger partial charge in [0.15, 0.2) is 5.16 Å². The van der Waals surface area contributed by atoms with Crippen molar-refractivity contribution in [2.45, 2.75) is 30.2 Å². The molecule has 4 rings (SSSR count). The molecule has 0 atom stereocenters. The monoisotopic (exact) mass is 548 g/mol. The van der Waals surface area contributed by atoms with Crippen molar-refractivity contribution in [3.63, 3.8) is 0 Å². The maximum atomic E-state index is 13.7. The number of carboxylic acids is 1. The zero-order chi connectivity index (χ0) is 25.3. The smallest absolute Gasteiger partial charge is 0.335 e. The minimum atomic E-state index is -1.02. The van der Waals surface area contributed by atoms with E-state index in [9.17, 15) is 14.3 Å². The predicted molar refractivity (Wildman–Crippen MR) is 140 cm³/mol. The maximum absolute atomic E-state index is 13.7. The molecule has 0 aliphatic rings. The zero-order valence-corrected chi connectivity index (χ0v) is 21.8. The zero-order valence-electron chi connectivity index (χ0n) is 18.7. The highest BCUT2D eigenvalue weighted by Crippen LogP contribution is 2.39. The summed E-state index contributed by atoms with van der Waals surface area (Å²) in [5.74, 6) is -0.970. The Kier molecular flexibility index (Phi) is 7.48. The molecule has 3 aromatic carbocycles. The average molecular weight is 550 g/mol. The minimum absolute atomic E-state index is 0.160. The molecule has 0 aliphatic carbocycles. The van der Waals surface area contributed by atoms with Gasteiger partial charge in [0, 0.05) is 21.9 Å². The third-order valence-electron chi connectivity index (χ3n) is 5.75. The fourth-order valence-electron chi connectivity index (χ4n) is 3.71. The van der Waals surface area contributed by atoms with E-state index in [1.165, 1.54) is 30.0 Å². The van der Waals surface area contributed by atoms with Crippen LogP contribution in [0.2, 0.25) is 15.1 Å². The van der Waals surface area contributed by atoms with E-state index >= 15 is 0 Å². The molecule has 9 heteroatoms. The molecular weight excluding hydrogens is 530 g/mol. The van der Waals surface area contributed by atoms with Crippen molar-refractivity contribution in [3.8, 4) is 5.69 Å². The summed E-state index contributed by atoms with van der Waals surface area (Å²) in [6.45, 7) is 4.09. The molecule has 1 aromatic heterocycles. The molecular formula is C26H20Cl3FN2O2S. The highest BCUT2D eigenvalue weighted by molar-refractivity contribution is 7.98. The van der Waals surface area contributed by atoms with Crippen molar-refractivity contribution in [2.24, 2.45) is 0 Å². The number of imidazole rings is 1. The second-order valence-corrected chi connectivity index (χ2v) is 10.6. The average Bonchev–Trinajstić information content (AvgIpc) is 3.25. The lowest BCUT2D eigenvalue weighted by molar-refractivity contribution is 0.0696. The van der Waals surface area contributed by atoms with Gasteiger partial charge < -0.3 is 5.11 Å². The van der Waals surface area contributed by atoms with Crippen LogP contribution in [0.25, 0.3) is 5.69 Å². The summed E-state index contributed by atoms with van der Waals surface area (Å²) in [5.41, 5.74) is 2.83. The number of nitrogens with zero attached hydrogens (tertiary/aromatic N) is 2. The number of carboxylic acid groups (broad SMARTS) is 1. The number of hydrogen-bond acceptors (Lipinski definition) is 3. The van der Waals surface area contributed by atoms with Crippen LogP contribution in [-0.2, 0) is 11.2 Å². The van der Waals surface area contributed by atoms with Crippen LogP contribution in [0.5, 0.6) is 0 Å². The minimum Gasteiger partial charge on any atom is -0.478 e. The Morgan fingerprint density at radius 2 is 1.69 bits per heavy atom. The number of rotatable bonds is 7. The number of aromatic carboxylic acids is 1. The first-order chi connectivity index (χ1) is 16.6. The van der Waals surface area contributed by atoms with Gasteiger partial charge in [0.1, 0.15) is 5.82 Å². The highest BCUT2D eigenvalue weighted by atomic mass is 35.5. The first-order valence-electron chi connectivity index (χ1n) is 10.5. The number of halogens is 4. The van der Waals surface area contributed by atoms with Crippen LogP contribution >= 0.6 is 46.6 Å². The standard InChI is InChI=1S/C26H20Cl3FN2O2S/c1-26(2,17-4-10-21(28)22(29)12-17)23-13-31-25(32(23)19-7-5-18(30)6-8-19)35-14-16-11-15(24(33)34)3-9-20(16)27/h3-13H,14H2,1-2H3,(H,33,34). The van der Waals surface area contributed by atoms with Crippen LogP contribution in [0, 0.1) is 5.82 Å². The van der Waals surface area contributed by atoms with Crippen molar-refractivity contribution in [1.82, 2.24) is 9.55 Å². The van der Waals surface area contributed by atoms with Crippen molar-refractivity contribution in [3.05, 3.63) is 110 Å². The van der Waals surface area contributed by atoms with E-state index in [4.69, 9.17) is 34.8 Å². The van der Waals surface area contributed by atoms with Gasteiger partial charge >= 0.3 is 5.97 Å². The molecule has 0 aliphatic heterocycles. The molecule has 0 amide bonds. The summed E-state index contributed by atoms with van der Waals surface area (Å²) in [4.78, 5) is 16.0. The molecule has 0 radical (unpaired) electrons. The van der Waals surface area contributed by atoms with E-state index in [1.54, 1.807) is 36.5 Å². The molecule has 0 saturated heterocycles. The van der Waals surface area contributed by atoms with Gasteiger partial charge in [0.05, 0.1) is 27.5 Å². The van der Waals surface area contributed by atoms with Crippen molar-refractivity contribution >= 4 is 52.5 Å². The van der Waals surface area contributed by atoms with E-state index in [-0.39, 0.29) is 11.4 Å². The second-order valence-electron chi connectivity index (χ2n) is 8.39. The lowest BCUT2D eigenvalue weighted by Crippen LogP contribution is -2.23. The van der Waals surface area contributed by atoms with Crippen LogP contribution in [0.1, 0.15) is 41.0 Å². The first-order valence-corrected chi connectivity index (χ1v) is 12.6. The first kappa shape index (κ1) is 25.6. The van der Waals surface area contributed by atoms with Gasteiger partial charge in [-0.3, -0.25) is 4.57 Å². The van der Waals surface area contributed by atoms with Crippen LogP contribution in [-0.4, -0.2) is 20.6 Å². The van der Waals surface area contributed by atoms with Crippen LogP contribution in [0.15, 0.2) is 72.0 Å². The molecule has 1 heterocycles. The normalized spacial score (nSPS) is 11.6. The Hall–Kier alpha value is -2.51. The molecule has 0 saturated carbocycles. The Labute approximate surface area is 221 Å². The number of thioether (sulfide) groups is 1. The Morgan fingerprint density at radius 3 is 2.34 bits per heavy atom. The van der Waals surface area contributed by atoms with Gasteiger partial charge in [-0.2, -0.15) is 0 Å². The maximum Gasteiger partial charge on any atom is 0.335 e. The fraction of sp³-hybridized carbons (Fsp3) is 0.154. The summed E-state index contributed by atoms with van der Waals surface area (Å²) in [6.07, 6.45) is 1.78. The van der Waals surface area contributed by atoms with Crippen LogP contribution < -0.4 is 0 Å². The van der Waals surface area contributed by atoms with Crippen molar-refractivity contribution < 1.29 is 14.3 Å². The van der Waals surface area contributed by atoms with Gasteiger partial charge in [-0.25, -0.2) is 14.2 Å². The Bertz CT molecular complexity index is 1400. The summed E-state index contributed by atoms with van der Waals surface area (Å²) in [7, 11) is 0. The van der Waals surface area contributed by atoms with E-state index < -0.39 is 11.4 Å². The summed E-state index contributed by atoms with van der Waals surface area (Å²) in [5, 5.41) is 11.4. The molecule has 0 fully saturated rings. The fourth-order valence-corrected chi connectivity index (χ4v) is 5.26. The lowest BCUT2D eigenvalue weighted by Gasteiger charge is -2.28. The summed E-state index contributed by atoms with van der Waals surface area (Å²) in [6, 6.07) is 16.3. The molecule has 180 valence electrons.